The number of ether oxygens (including phenoxy) is 1. The van der Waals surface area contributed by atoms with Crippen LogP contribution in [0.25, 0.3) is 0 Å². The highest BCUT2D eigenvalue weighted by Crippen LogP contribution is 2.18. The second kappa shape index (κ2) is 8.71. The van der Waals surface area contributed by atoms with Crippen LogP contribution in [0.2, 0.25) is 0 Å². The number of carbonyl (C=O) groups is 2. The van der Waals surface area contributed by atoms with Gasteiger partial charge >= 0.3 is 18.2 Å². The minimum atomic E-state index is -4.66. The molecular weight excluding hydrogens is 293 g/mol. The van der Waals surface area contributed by atoms with Crippen molar-refractivity contribution >= 4 is 12.0 Å². The van der Waals surface area contributed by atoms with E-state index in [1.807, 2.05) is 0 Å². The number of rotatable bonds is 8. The number of hydrogen-bond acceptors (Lipinski definition) is 3. The summed E-state index contributed by atoms with van der Waals surface area (Å²) in [7, 11) is 1.41. The number of hydrogen-bond donors (Lipinski definition) is 1. The number of nitrogens with zero attached hydrogens (tertiary/aromatic N) is 2. The Hall–Kier alpha value is -1.51. The van der Waals surface area contributed by atoms with Gasteiger partial charge in [0.2, 0.25) is 0 Å². The second-order valence-electron chi connectivity index (χ2n) is 4.59. The minimum absolute atomic E-state index is 0.0956. The molecule has 1 atom stereocenters. The first-order valence-corrected chi connectivity index (χ1v) is 6.45. The number of carboxylic acids is 1. The van der Waals surface area contributed by atoms with Gasteiger partial charge in [-0.05, 0) is 13.3 Å². The zero-order chi connectivity index (χ0) is 16.6. The van der Waals surface area contributed by atoms with Gasteiger partial charge in [0, 0.05) is 19.7 Å². The fourth-order valence-corrected chi connectivity index (χ4v) is 1.67. The Kier molecular flexibility index (Phi) is 8.08. The molecule has 9 heteroatoms. The van der Waals surface area contributed by atoms with E-state index in [1.165, 1.54) is 12.0 Å². The normalized spacial score (nSPS) is 12.9. The molecule has 1 unspecified atom stereocenters. The first kappa shape index (κ1) is 19.5. The fourth-order valence-electron chi connectivity index (χ4n) is 1.67. The fraction of sp³-hybridized carbons (Fsp3) is 0.833. The third kappa shape index (κ3) is 7.74. The van der Waals surface area contributed by atoms with E-state index in [2.05, 4.69) is 0 Å². The molecule has 0 aliphatic rings. The molecule has 0 aliphatic heterocycles. The molecule has 0 bridgehead atoms. The molecule has 124 valence electrons. The molecular formula is C12H21F3N2O4. The molecule has 6 nitrogen and oxygen atoms in total. The Morgan fingerprint density at radius 3 is 2.29 bits per heavy atom. The van der Waals surface area contributed by atoms with Crippen LogP contribution >= 0.6 is 0 Å². The van der Waals surface area contributed by atoms with Crippen LogP contribution in [-0.2, 0) is 9.53 Å². The lowest BCUT2D eigenvalue weighted by molar-refractivity contribution is -0.150. The van der Waals surface area contributed by atoms with Gasteiger partial charge in [-0.15, -0.1) is 0 Å². The standard InChI is InChI=1S/C12H21F3N2O4/c1-4-9(2)17(5-6-21-3)11(20)16(7-10(18)19)8-12(13,14)15/h9H,4-8H2,1-3H3,(H,18,19). The number of carboxylic acid groups (broad SMARTS) is 1. The smallest absolute Gasteiger partial charge is 0.406 e. The molecule has 21 heavy (non-hydrogen) atoms. The predicted molar refractivity (Wildman–Crippen MR) is 69.0 cm³/mol. The van der Waals surface area contributed by atoms with E-state index in [4.69, 9.17) is 9.84 Å². The first-order chi connectivity index (χ1) is 9.62. The van der Waals surface area contributed by atoms with Crippen LogP contribution in [0.1, 0.15) is 20.3 Å². The van der Waals surface area contributed by atoms with Gasteiger partial charge in [0.05, 0.1) is 6.61 Å². The molecule has 0 spiro atoms. The molecule has 0 heterocycles. The maximum atomic E-state index is 12.5. The summed E-state index contributed by atoms with van der Waals surface area (Å²) in [4.78, 5) is 24.3. The lowest BCUT2D eigenvalue weighted by Crippen LogP contribution is -2.52. The van der Waals surface area contributed by atoms with E-state index >= 15 is 0 Å². The van der Waals surface area contributed by atoms with Gasteiger partial charge < -0.3 is 19.6 Å². The Labute approximate surface area is 121 Å². The SMILES string of the molecule is CCC(C)N(CCOC)C(=O)N(CC(=O)O)CC(F)(F)F. The highest BCUT2D eigenvalue weighted by atomic mass is 19.4. The number of urea groups is 1. The van der Waals surface area contributed by atoms with Crippen molar-refractivity contribution < 1.29 is 32.6 Å². The van der Waals surface area contributed by atoms with E-state index in [0.717, 1.165) is 0 Å². The first-order valence-electron chi connectivity index (χ1n) is 6.45. The summed E-state index contributed by atoms with van der Waals surface area (Å²) in [5.74, 6) is -1.50. The van der Waals surface area contributed by atoms with Crippen LogP contribution in [0.4, 0.5) is 18.0 Å². The summed E-state index contributed by atoms with van der Waals surface area (Å²) in [6.07, 6.45) is -4.13. The maximum Gasteiger partial charge on any atom is 0.406 e. The predicted octanol–water partition coefficient (Wildman–Crippen LogP) is 1.80. The minimum Gasteiger partial charge on any atom is -0.480 e. The third-order valence-electron chi connectivity index (χ3n) is 2.87. The molecule has 2 amide bonds. The van der Waals surface area contributed by atoms with E-state index in [0.29, 0.717) is 6.42 Å². The largest absolute Gasteiger partial charge is 0.480 e. The molecule has 1 N–H and O–H groups in total. The van der Waals surface area contributed by atoms with E-state index < -0.39 is 31.3 Å². The number of alkyl halides is 3. The van der Waals surface area contributed by atoms with Crippen molar-refractivity contribution in [2.24, 2.45) is 0 Å². The summed E-state index contributed by atoms with van der Waals surface area (Å²) >= 11 is 0. The Bertz CT molecular complexity index is 350. The average molecular weight is 314 g/mol. The Balaban J connectivity index is 5.12. The van der Waals surface area contributed by atoms with Crippen molar-refractivity contribution in [1.82, 2.24) is 9.80 Å². The zero-order valence-corrected chi connectivity index (χ0v) is 12.3. The van der Waals surface area contributed by atoms with E-state index in [1.54, 1.807) is 13.8 Å². The molecule has 0 saturated carbocycles. The zero-order valence-electron chi connectivity index (χ0n) is 12.3. The maximum absolute atomic E-state index is 12.5. The molecule has 0 saturated heterocycles. The summed E-state index contributed by atoms with van der Waals surface area (Å²) in [5, 5.41) is 8.68. The van der Waals surface area contributed by atoms with Gasteiger partial charge in [-0.3, -0.25) is 4.79 Å². The van der Waals surface area contributed by atoms with Gasteiger partial charge in [0.15, 0.2) is 0 Å². The highest BCUT2D eigenvalue weighted by molar-refractivity contribution is 5.80. The van der Waals surface area contributed by atoms with Gasteiger partial charge in [-0.2, -0.15) is 13.2 Å². The van der Waals surface area contributed by atoms with Crippen LogP contribution in [0.5, 0.6) is 0 Å². The van der Waals surface area contributed by atoms with Crippen molar-refractivity contribution in [1.29, 1.82) is 0 Å². The van der Waals surface area contributed by atoms with Gasteiger partial charge in [0.25, 0.3) is 0 Å². The topological polar surface area (TPSA) is 70.1 Å². The molecule has 0 aromatic rings. The Morgan fingerprint density at radius 2 is 1.90 bits per heavy atom. The van der Waals surface area contributed by atoms with Crippen molar-refractivity contribution in [2.45, 2.75) is 32.5 Å². The van der Waals surface area contributed by atoms with Crippen molar-refractivity contribution in [3.63, 3.8) is 0 Å². The number of methoxy groups -OCH3 is 1. The second-order valence-corrected chi connectivity index (χ2v) is 4.59. The number of aliphatic carboxylic acids is 1. The quantitative estimate of drug-likeness (QED) is 0.742. The molecule has 0 aliphatic carbocycles. The van der Waals surface area contributed by atoms with Crippen LogP contribution < -0.4 is 0 Å². The van der Waals surface area contributed by atoms with Crippen LogP contribution in [-0.4, -0.2) is 72.5 Å². The van der Waals surface area contributed by atoms with Gasteiger partial charge in [-0.25, -0.2) is 4.79 Å². The van der Waals surface area contributed by atoms with Gasteiger partial charge in [-0.1, -0.05) is 6.92 Å². The van der Waals surface area contributed by atoms with Crippen LogP contribution in [0.3, 0.4) is 0 Å². The molecule has 0 aromatic carbocycles. The molecule has 0 aromatic heterocycles. The number of amides is 2. The highest BCUT2D eigenvalue weighted by Gasteiger charge is 2.36. The van der Waals surface area contributed by atoms with Gasteiger partial charge in [0.1, 0.15) is 13.1 Å². The molecule has 0 radical (unpaired) electrons. The van der Waals surface area contributed by atoms with Crippen molar-refractivity contribution in [2.75, 3.05) is 33.4 Å². The summed E-state index contributed by atoms with van der Waals surface area (Å²) in [5.41, 5.74) is 0. The van der Waals surface area contributed by atoms with Crippen molar-refractivity contribution in [3.05, 3.63) is 0 Å². The molecule has 0 fully saturated rings. The lowest BCUT2D eigenvalue weighted by Gasteiger charge is -2.33. The summed E-state index contributed by atoms with van der Waals surface area (Å²) in [6.45, 7) is 1.11. The van der Waals surface area contributed by atoms with E-state index in [-0.39, 0.29) is 24.1 Å². The number of carbonyl (C=O) groups excluding carboxylic acids is 1. The van der Waals surface area contributed by atoms with Crippen LogP contribution in [0.15, 0.2) is 0 Å². The van der Waals surface area contributed by atoms with Crippen LogP contribution in [0, 0.1) is 0 Å². The number of halogens is 3. The summed E-state index contributed by atoms with van der Waals surface area (Å²) < 4.78 is 42.3. The van der Waals surface area contributed by atoms with E-state index in [9.17, 15) is 22.8 Å². The Morgan fingerprint density at radius 1 is 1.33 bits per heavy atom. The third-order valence-corrected chi connectivity index (χ3v) is 2.87. The monoisotopic (exact) mass is 314 g/mol. The summed E-state index contributed by atoms with van der Waals surface area (Å²) in [6, 6.07) is -1.28. The lowest BCUT2D eigenvalue weighted by atomic mass is 10.2. The molecule has 0 rings (SSSR count). The average Bonchev–Trinajstić information content (AvgIpc) is 2.35. The van der Waals surface area contributed by atoms with Crippen molar-refractivity contribution in [3.8, 4) is 0 Å².